The third-order valence-electron chi connectivity index (χ3n) is 2.49. The van der Waals surface area contributed by atoms with E-state index >= 15 is 0 Å². The molecule has 10 heavy (non-hydrogen) atoms. The fraction of sp³-hybridized carbons (Fsp3) is 0.778. The lowest BCUT2D eigenvalue weighted by atomic mass is 10.1. The molecule has 56 valence electrons. The number of hydrogen-bond acceptors (Lipinski definition) is 1. The molecule has 1 atom stereocenters. The average Bonchev–Trinajstić information content (AvgIpc) is 2.76. The Morgan fingerprint density at radius 1 is 1.60 bits per heavy atom. The number of hydrogen-bond donors (Lipinski definition) is 0. The van der Waals surface area contributed by atoms with E-state index in [-0.39, 0.29) is 0 Å². The van der Waals surface area contributed by atoms with Crippen molar-refractivity contribution in [2.24, 2.45) is 5.92 Å². The fourth-order valence-electron chi connectivity index (χ4n) is 1.32. The van der Waals surface area contributed by atoms with Crippen LogP contribution in [0.15, 0.2) is 11.6 Å². The summed E-state index contributed by atoms with van der Waals surface area (Å²) >= 11 is 0. The van der Waals surface area contributed by atoms with Gasteiger partial charge in [-0.25, -0.2) is 0 Å². The van der Waals surface area contributed by atoms with Crippen LogP contribution in [-0.4, -0.2) is 24.5 Å². The molecule has 2 rings (SSSR count). The Morgan fingerprint density at radius 3 is 2.80 bits per heavy atom. The zero-order valence-electron chi connectivity index (χ0n) is 6.64. The first-order valence-electron chi connectivity index (χ1n) is 4.27. The highest BCUT2D eigenvalue weighted by Crippen LogP contribution is 2.29. The minimum atomic E-state index is 0.876. The molecule has 1 nitrogen and oxygen atoms in total. The van der Waals surface area contributed by atoms with Gasteiger partial charge in [-0.3, -0.25) is 0 Å². The van der Waals surface area contributed by atoms with Gasteiger partial charge in [-0.1, -0.05) is 18.6 Å². The molecule has 0 aromatic heterocycles. The molecule has 0 amide bonds. The Hall–Kier alpha value is -0.300. The number of allylic oxidation sites excluding steroid dienone is 2. The highest BCUT2D eigenvalue weighted by Gasteiger charge is 2.20. The lowest BCUT2D eigenvalue weighted by Gasteiger charge is -2.06. The lowest BCUT2D eigenvalue weighted by Crippen LogP contribution is -2.04. The normalized spacial score (nSPS) is 25.9. The van der Waals surface area contributed by atoms with Gasteiger partial charge in [-0.2, -0.15) is 0 Å². The first kappa shape index (κ1) is 6.41. The zero-order chi connectivity index (χ0) is 6.97. The molecule has 1 unspecified atom stereocenters. The summed E-state index contributed by atoms with van der Waals surface area (Å²) in [6.45, 7) is 6.39. The molecule has 1 fully saturated rings. The Bertz CT molecular complexity index is 156. The van der Waals surface area contributed by atoms with Crippen LogP contribution in [0.5, 0.6) is 0 Å². The van der Waals surface area contributed by atoms with E-state index in [1.165, 1.54) is 32.5 Å². The van der Waals surface area contributed by atoms with Crippen LogP contribution in [0.4, 0.5) is 0 Å². The highest BCUT2D eigenvalue weighted by atomic mass is 15.2. The summed E-state index contributed by atoms with van der Waals surface area (Å²) in [7, 11) is 0. The summed E-state index contributed by atoms with van der Waals surface area (Å²) in [5, 5.41) is 0. The highest BCUT2D eigenvalue weighted by molar-refractivity contribution is 5.24. The average molecular weight is 137 g/mol. The maximum Gasteiger partial charge on any atom is 0.0110 e. The second kappa shape index (κ2) is 2.39. The van der Waals surface area contributed by atoms with Gasteiger partial charge in [-0.05, 0) is 25.3 Å². The second-order valence-corrected chi connectivity index (χ2v) is 3.51. The third-order valence-corrected chi connectivity index (χ3v) is 2.49. The Labute approximate surface area is 62.7 Å². The smallest absolute Gasteiger partial charge is 0.0110 e. The van der Waals surface area contributed by atoms with E-state index in [0.717, 1.165) is 5.92 Å². The van der Waals surface area contributed by atoms with Gasteiger partial charge in [-0.15, -0.1) is 0 Å². The van der Waals surface area contributed by atoms with Crippen LogP contribution in [0.1, 0.15) is 19.8 Å². The summed E-state index contributed by atoms with van der Waals surface area (Å²) in [6.07, 6.45) is 5.04. The van der Waals surface area contributed by atoms with E-state index in [1.54, 1.807) is 5.57 Å². The summed E-state index contributed by atoms with van der Waals surface area (Å²) in [5.41, 5.74) is 1.70. The second-order valence-electron chi connectivity index (χ2n) is 3.51. The van der Waals surface area contributed by atoms with Crippen molar-refractivity contribution in [3.05, 3.63) is 11.6 Å². The Balaban J connectivity index is 1.63. The van der Waals surface area contributed by atoms with E-state index in [0.29, 0.717) is 0 Å². The molecule has 0 spiro atoms. The van der Waals surface area contributed by atoms with Crippen molar-refractivity contribution < 1.29 is 0 Å². The van der Waals surface area contributed by atoms with Gasteiger partial charge in [0.25, 0.3) is 0 Å². The van der Waals surface area contributed by atoms with Crippen LogP contribution in [0.2, 0.25) is 0 Å². The van der Waals surface area contributed by atoms with Crippen molar-refractivity contribution in [1.82, 2.24) is 4.90 Å². The molecule has 1 saturated heterocycles. The quantitative estimate of drug-likeness (QED) is 0.420. The van der Waals surface area contributed by atoms with Crippen LogP contribution in [0.3, 0.4) is 0 Å². The first-order valence-corrected chi connectivity index (χ1v) is 4.27. The van der Waals surface area contributed by atoms with Gasteiger partial charge in [0.2, 0.25) is 0 Å². The minimum Gasteiger partial charge on any atom is -0.301 e. The van der Waals surface area contributed by atoms with E-state index in [9.17, 15) is 0 Å². The molecular weight excluding hydrogens is 122 g/mol. The molecule has 1 aliphatic heterocycles. The standard InChI is InChI=1S/C9H15N/c1-8(9-2-3-9)4-5-10-6-7-10/h2,8H,3-7H2,1H3. The number of nitrogens with zero attached hydrogens (tertiary/aromatic N) is 1. The van der Waals surface area contributed by atoms with Crippen molar-refractivity contribution in [1.29, 1.82) is 0 Å². The van der Waals surface area contributed by atoms with Gasteiger partial charge in [0.1, 0.15) is 0 Å². The van der Waals surface area contributed by atoms with Gasteiger partial charge in [0.15, 0.2) is 0 Å². The van der Waals surface area contributed by atoms with Crippen LogP contribution in [-0.2, 0) is 0 Å². The molecule has 1 heterocycles. The summed E-state index contributed by atoms with van der Waals surface area (Å²) < 4.78 is 0. The maximum absolute atomic E-state index is 2.50. The topological polar surface area (TPSA) is 3.01 Å². The van der Waals surface area contributed by atoms with Gasteiger partial charge >= 0.3 is 0 Å². The van der Waals surface area contributed by atoms with Crippen LogP contribution in [0.25, 0.3) is 0 Å². The third kappa shape index (κ3) is 1.60. The van der Waals surface area contributed by atoms with Crippen LogP contribution < -0.4 is 0 Å². The molecule has 0 radical (unpaired) electrons. The van der Waals surface area contributed by atoms with Gasteiger partial charge < -0.3 is 4.90 Å². The molecule has 1 heteroatoms. The SMILES string of the molecule is CC(CCN1CC1)C1=CC1. The number of rotatable bonds is 4. The minimum absolute atomic E-state index is 0.876. The van der Waals surface area contributed by atoms with Gasteiger partial charge in [0.05, 0.1) is 0 Å². The summed E-state index contributed by atoms with van der Waals surface area (Å²) in [4.78, 5) is 2.50. The van der Waals surface area contributed by atoms with Crippen LogP contribution in [0, 0.1) is 5.92 Å². The van der Waals surface area contributed by atoms with Crippen molar-refractivity contribution in [3.63, 3.8) is 0 Å². The maximum atomic E-state index is 2.50. The molecule has 1 aliphatic carbocycles. The summed E-state index contributed by atoms with van der Waals surface area (Å²) in [6, 6.07) is 0. The van der Waals surface area contributed by atoms with Crippen molar-refractivity contribution in [3.8, 4) is 0 Å². The zero-order valence-corrected chi connectivity index (χ0v) is 6.64. The Morgan fingerprint density at radius 2 is 2.30 bits per heavy atom. The fourth-order valence-corrected chi connectivity index (χ4v) is 1.32. The predicted octanol–water partition coefficient (Wildman–Crippen LogP) is 1.66. The molecule has 0 N–H and O–H groups in total. The predicted molar refractivity (Wildman–Crippen MR) is 42.9 cm³/mol. The van der Waals surface area contributed by atoms with E-state index < -0.39 is 0 Å². The van der Waals surface area contributed by atoms with Crippen molar-refractivity contribution in [2.45, 2.75) is 19.8 Å². The summed E-state index contributed by atoms with van der Waals surface area (Å²) in [5.74, 6) is 0.876. The first-order chi connectivity index (χ1) is 4.86. The largest absolute Gasteiger partial charge is 0.301 e. The van der Waals surface area contributed by atoms with Crippen molar-refractivity contribution in [2.75, 3.05) is 19.6 Å². The van der Waals surface area contributed by atoms with E-state index in [1.807, 2.05) is 0 Å². The molecule has 0 bridgehead atoms. The monoisotopic (exact) mass is 137 g/mol. The Kier molecular flexibility index (Phi) is 1.53. The molecule has 0 aromatic carbocycles. The molecule has 0 saturated carbocycles. The van der Waals surface area contributed by atoms with Crippen LogP contribution >= 0.6 is 0 Å². The van der Waals surface area contributed by atoms with E-state index in [2.05, 4.69) is 17.9 Å². The molecular formula is C9H15N. The molecule has 0 aromatic rings. The van der Waals surface area contributed by atoms with E-state index in [4.69, 9.17) is 0 Å². The molecule has 2 aliphatic rings. The lowest BCUT2D eigenvalue weighted by molar-refractivity contribution is 0.483. The van der Waals surface area contributed by atoms with Crippen molar-refractivity contribution >= 4 is 0 Å². The van der Waals surface area contributed by atoms with Gasteiger partial charge in [0, 0.05) is 13.1 Å².